The predicted octanol–water partition coefficient (Wildman–Crippen LogP) is 8.42. The van der Waals surface area contributed by atoms with Crippen molar-refractivity contribution in [1.82, 2.24) is 0 Å². The predicted molar refractivity (Wildman–Crippen MR) is 130 cm³/mol. The lowest BCUT2D eigenvalue weighted by Crippen LogP contribution is -2.08. The molecule has 0 radical (unpaired) electrons. The molecule has 0 aliphatic heterocycles. The smallest absolute Gasteiger partial charge is 0.339 e. The number of para-hydroxylation sites is 1. The third kappa shape index (κ3) is 13.3. The first-order chi connectivity index (χ1) is 15.2. The summed E-state index contributed by atoms with van der Waals surface area (Å²) in [6.07, 6.45) is 19.8. The molecule has 1 aromatic rings. The van der Waals surface area contributed by atoms with Gasteiger partial charge in [-0.1, -0.05) is 110 Å². The summed E-state index contributed by atoms with van der Waals surface area (Å²) in [5, 5.41) is 9.53. The molecule has 0 heterocycles. The molecule has 0 aliphatic carbocycles. The van der Waals surface area contributed by atoms with Gasteiger partial charge >= 0.3 is 5.97 Å². The first kappa shape index (κ1) is 27.3. The van der Waals surface area contributed by atoms with Gasteiger partial charge in [0.2, 0.25) is 0 Å². The van der Waals surface area contributed by atoms with E-state index >= 15 is 0 Å². The van der Waals surface area contributed by atoms with Gasteiger partial charge in [-0.2, -0.15) is 0 Å². The van der Waals surface area contributed by atoms with Gasteiger partial charge in [0.1, 0.15) is 5.56 Å². The minimum Gasteiger partial charge on any atom is -0.490 e. The Bertz CT molecular complexity index is 570. The van der Waals surface area contributed by atoms with Crippen molar-refractivity contribution in [3.63, 3.8) is 0 Å². The number of carboxylic acids is 1. The highest BCUT2D eigenvalue weighted by atomic mass is 16.5. The Hall–Kier alpha value is -1.71. The first-order valence-electron chi connectivity index (χ1n) is 12.8. The minimum absolute atomic E-state index is 0.188. The summed E-state index contributed by atoms with van der Waals surface area (Å²) in [6, 6.07) is 5.14. The number of ether oxygens (including phenoxy) is 2. The van der Waals surface area contributed by atoms with Crippen LogP contribution in [0.4, 0.5) is 0 Å². The van der Waals surface area contributed by atoms with E-state index in [1.54, 1.807) is 12.1 Å². The fraction of sp³-hybridized carbons (Fsp3) is 0.741. The van der Waals surface area contributed by atoms with Crippen LogP contribution in [0.2, 0.25) is 0 Å². The average Bonchev–Trinajstić information content (AvgIpc) is 2.77. The molecule has 4 nitrogen and oxygen atoms in total. The number of hydrogen-bond acceptors (Lipinski definition) is 3. The highest BCUT2D eigenvalue weighted by molar-refractivity contribution is 5.92. The summed E-state index contributed by atoms with van der Waals surface area (Å²) in [6.45, 7) is 5.61. The second kappa shape index (κ2) is 19.0. The highest BCUT2D eigenvalue weighted by Crippen LogP contribution is 2.32. The van der Waals surface area contributed by atoms with Crippen LogP contribution >= 0.6 is 0 Å². The van der Waals surface area contributed by atoms with Crippen molar-refractivity contribution in [2.75, 3.05) is 13.2 Å². The molecule has 0 fully saturated rings. The van der Waals surface area contributed by atoms with Gasteiger partial charge in [0, 0.05) is 0 Å². The van der Waals surface area contributed by atoms with Gasteiger partial charge in [0.25, 0.3) is 0 Å². The van der Waals surface area contributed by atoms with Crippen molar-refractivity contribution in [2.45, 2.75) is 117 Å². The van der Waals surface area contributed by atoms with Gasteiger partial charge in [0.15, 0.2) is 11.5 Å². The van der Waals surface area contributed by atoms with E-state index in [4.69, 9.17) is 9.47 Å². The van der Waals surface area contributed by atoms with Crippen molar-refractivity contribution in [3.05, 3.63) is 23.8 Å². The Kier molecular flexibility index (Phi) is 16.8. The van der Waals surface area contributed by atoms with E-state index in [-0.39, 0.29) is 5.56 Å². The van der Waals surface area contributed by atoms with Crippen LogP contribution in [0.25, 0.3) is 0 Å². The molecule has 0 bridgehead atoms. The molecule has 1 rings (SSSR count). The number of unbranched alkanes of at least 4 members (excludes halogenated alkanes) is 14. The van der Waals surface area contributed by atoms with Crippen LogP contribution in [0.5, 0.6) is 11.5 Å². The average molecular weight is 435 g/mol. The van der Waals surface area contributed by atoms with Crippen molar-refractivity contribution in [3.8, 4) is 11.5 Å². The lowest BCUT2D eigenvalue weighted by molar-refractivity contribution is 0.0691. The highest BCUT2D eigenvalue weighted by Gasteiger charge is 2.16. The maximum absolute atomic E-state index is 11.6. The van der Waals surface area contributed by atoms with E-state index in [1.807, 2.05) is 6.07 Å². The van der Waals surface area contributed by atoms with Crippen molar-refractivity contribution in [1.29, 1.82) is 0 Å². The minimum atomic E-state index is -0.969. The van der Waals surface area contributed by atoms with E-state index in [1.165, 1.54) is 77.0 Å². The Balaban J connectivity index is 2.33. The third-order valence-electron chi connectivity index (χ3n) is 5.71. The Morgan fingerprint density at radius 2 is 1.13 bits per heavy atom. The fourth-order valence-corrected chi connectivity index (χ4v) is 3.78. The lowest BCUT2D eigenvalue weighted by Gasteiger charge is -2.15. The van der Waals surface area contributed by atoms with Crippen LogP contribution < -0.4 is 9.47 Å². The molecule has 1 N–H and O–H groups in total. The van der Waals surface area contributed by atoms with Gasteiger partial charge in [-0.3, -0.25) is 0 Å². The summed E-state index contributed by atoms with van der Waals surface area (Å²) in [5.41, 5.74) is 0.188. The molecule has 0 saturated carbocycles. The normalized spacial score (nSPS) is 10.9. The van der Waals surface area contributed by atoms with Gasteiger partial charge in [0.05, 0.1) is 13.2 Å². The second-order valence-electron chi connectivity index (χ2n) is 8.58. The molecule has 31 heavy (non-hydrogen) atoms. The Labute approximate surface area is 190 Å². The van der Waals surface area contributed by atoms with Crippen LogP contribution in [0, 0.1) is 0 Å². The summed E-state index contributed by atoms with van der Waals surface area (Å²) >= 11 is 0. The molecule has 0 aromatic heterocycles. The molecule has 0 spiro atoms. The largest absolute Gasteiger partial charge is 0.490 e. The van der Waals surface area contributed by atoms with E-state index in [9.17, 15) is 9.90 Å². The molecule has 178 valence electrons. The quantitative estimate of drug-likeness (QED) is 0.197. The molecule has 0 atom stereocenters. The fourth-order valence-electron chi connectivity index (χ4n) is 3.78. The van der Waals surface area contributed by atoms with E-state index in [0.29, 0.717) is 24.7 Å². The zero-order chi connectivity index (χ0) is 22.6. The number of benzene rings is 1. The van der Waals surface area contributed by atoms with Crippen LogP contribution in [-0.2, 0) is 0 Å². The van der Waals surface area contributed by atoms with Gasteiger partial charge < -0.3 is 14.6 Å². The molecule has 0 saturated heterocycles. The maximum atomic E-state index is 11.6. The maximum Gasteiger partial charge on any atom is 0.339 e. The monoisotopic (exact) mass is 434 g/mol. The molecule has 1 aromatic carbocycles. The Morgan fingerprint density at radius 1 is 0.677 bits per heavy atom. The third-order valence-corrected chi connectivity index (χ3v) is 5.71. The van der Waals surface area contributed by atoms with Gasteiger partial charge in [-0.15, -0.1) is 0 Å². The van der Waals surface area contributed by atoms with Crippen molar-refractivity contribution < 1.29 is 19.4 Å². The standard InChI is InChI=1S/C27H46O4/c1-3-5-7-9-11-13-15-17-22-30-25-21-19-20-24(27(28)29)26(25)31-23-18-16-14-12-10-8-6-4-2/h19-21H,3-18,22-23H2,1-2H3,(H,28,29). The van der Waals surface area contributed by atoms with Crippen molar-refractivity contribution >= 4 is 5.97 Å². The number of hydrogen-bond donors (Lipinski definition) is 1. The van der Waals surface area contributed by atoms with Crippen LogP contribution in [0.3, 0.4) is 0 Å². The Morgan fingerprint density at radius 3 is 1.61 bits per heavy atom. The molecule has 0 amide bonds. The molecule has 4 heteroatoms. The lowest BCUT2D eigenvalue weighted by atomic mass is 10.1. The molecular weight excluding hydrogens is 388 g/mol. The first-order valence-corrected chi connectivity index (χ1v) is 12.8. The number of rotatable bonds is 21. The molecule has 0 unspecified atom stereocenters. The number of carbonyl (C=O) groups is 1. The topological polar surface area (TPSA) is 55.8 Å². The SMILES string of the molecule is CCCCCCCCCCOc1cccc(C(=O)O)c1OCCCCCCCCCC. The zero-order valence-electron chi connectivity index (χ0n) is 20.1. The number of carboxylic acid groups (broad SMARTS) is 1. The van der Waals surface area contributed by atoms with Gasteiger partial charge in [-0.05, 0) is 25.0 Å². The van der Waals surface area contributed by atoms with Crippen molar-refractivity contribution in [2.24, 2.45) is 0 Å². The summed E-state index contributed by atoms with van der Waals surface area (Å²) in [7, 11) is 0. The van der Waals surface area contributed by atoms with Gasteiger partial charge in [-0.25, -0.2) is 4.79 Å². The molecule has 0 aliphatic rings. The summed E-state index contributed by atoms with van der Waals surface area (Å²) in [4.78, 5) is 11.6. The van der Waals surface area contributed by atoms with Crippen LogP contribution in [0.15, 0.2) is 18.2 Å². The van der Waals surface area contributed by atoms with Crippen LogP contribution in [0.1, 0.15) is 127 Å². The molecular formula is C27H46O4. The second-order valence-corrected chi connectivity index (χ2v) is 8.58. The van der Waals surface area contributed by atoms with Crippen LogP contribution in [-0.4, -0.2) is 24.3 Å². The number of aromatic carboxylic acids is 1. The van der Waals surface area contributed by atoms with E-state index < -0.39 is 5.97 Å². The summed E-state index contributed by atoms with van der Waals surface area (Å²) in [5.74, 6) is -0.0247. The van der Waals surface area contributed by atoms with E-state index in [0.717, 1.165) is 25.7 Å². The van der Waals surface area contributed by atoms with E-state index in [2.05, 4.69) is 13.8 Å². The zero-order valence-corrected chi connectivity index (χ0v) is 20.1. The summed E-state index contributed by atoms with van der Waals surface area (Å²) < 4.78 is 11.8.